The molecule has 1 unspecified atom stereocenters. The van der Waals surface area contributed by atoms with Gasteiger partial charge < -0.3 is 4.74 Å². The maximum atomic E-state index is 13.5. The molecule has 0 aliphatic heterocycles. The lowest BCUT2D eigenvalue weighted by atomic mass is 10.0. The predicted octanol–water partition coefficient (Wildman–Crippen LogP) is 5.53. The largest absolute Gasteiger partial charge is 0.496 e. The van der Waals surface area contributed by atoms with E-state index >= 15 is 0 Å². The topological polar surface area (TPSA) is 9.23 Å². The van der Waals surface area contributed by atoms with Gasteiger partial charge in [-0.25, -0.2) is 4.39 Å². The van der Waals surface area contributed by atoms with E-state index in [1.54, 1.807) is 6.07 Å². The first-order valence-corrected chi connectivity index (χ1v) is 7.77. The van der Waals surface area contributed by atoms with Gasteiger partial charge in [0.2, 0.25) is 0 Å². The molecule has 0 heterocycles. The van der Waals surface area contributed by atoms with E-state index < -0.39 is 0 Å². The Bertz CT molecular complexity index is 606. The van der Waals surface area contributed by atoms with Crippen molar-refractivity contribution in [3.8, 4) is 5.75 Å². The molecule has 0 N–H and O–H groups in total. The summed E-state index contributed by atoms with van der Waals surface area (Å²) in [6.45, 7) is 0. The molecule has 2 aromatic rings. The molecule has 0 aliphatic carbocycles. The van der Waals surface area contributed by atoms with E-state index in [2.05, 4.69) is 38.5 Å². The molecule has 1 atom stereocenters. The van der Waals surface area contributed by atoms with E-state index in [0.717, 1.165) is 14.7 Å². The zero-order valence-electron chi connectivity index (χ0n) is 9.96. The van der Waals surface area contributed by atoms with E-state index in [1.165, 1.54) is 13.2 Å². The quantitative estimate of drug-likeness (QED) is 0.437. The summed E-state index contributed by atoms with van der Waals surface area (Å²) in [6, 6.07) is 10.8. The molecule has 0 amide bonds. The molecule has 1 nitrogen and oxygen atoms in total. The van der Waals surface area contributed by atoms with E-state index in [1.807, 2.05) is 24.3 Å². The molecule has 0 bridgehead atoms. The van der Waals surface area contributed by atoms with Crippen molar-refractivity contribution in [1.82, 2.24) is 0 Å². The molecule has 0 saturated carbocycles. The number of methoxy groups -OCH3 is 1. The van der Waals surface area contributed by atoms with Crippen molar-refractivity contribution in [1.29, 1.82) is 0 Å². The van der Waals surface area contributed by atoms with E-state index in [9.17, 15) is 4.39 Å². The summed E-state index contributed by atoms with van der Waals surface area (Å²) in [6.07, 6.45) is 0. The molecule has 2 rings (SSSR count). The fourth-order valence-corrected chi connectivity index (χ4v) is 3.37. The van der Waals surface area contributed by atoms with Crippen molar-refractivity contribution in [3.05, 3.63) is 61.4 Å². The van der Waals surface area contributed by atoms with Crippen LogP contribution in [0.3, 0.4) is 0 Å². The summed E-state index contributed by atoms with van der Waals surface area (Å²) in [5, 5.41) is -0.389. The van der Waals surface area contributed by atoms with Crippen molar-refractivity contribution in [2.45, 2.75) is 5.38 Å². The van der Waals surface area contributed by atoms with Crippen LogP contribution in [0.5, 0.6) is 5.75 Å². The predicted molar refractivity (Wildman–Crippen MR) is 87.5 cm³/mol. The van der Waals surface area contributed by atoms with Crippen LogP contribution in [0.2, 0.25) is 0 Å². The van der Waals surface area contributed by atoms with Crippen LogP contribution < -0.4 is 4.74 Å². The van der Waals surface area contributed by atoms with Crippen LogP contribution in [0.25, 0.3) is 0 Å². The number of benzene rings is 2. The standard InChI is InChI=1S/C14H10BrClFIO/c1-19-13-7-11(17)10(15)6-9(13)14(16)8-4-2-3-5-12(8)18/h2-7,14H,1H3. The maximum absolute atomic E-state index is 13.5. The lowest BCUT2D eigenvalue weighted by molar-refractivity contribution is 0.406. The Morgan fingerprint density at radius 2 is 1.95 bits per heavy atom. The molecule has 0 fully saturated rings. The molecule has 0 radical (unpaired) electrons. The first kappa shape index (κ1) is 15.1. The first-order chi connectivity index (χ1) is 9.04. The van der Waals surface area contributed by atoms with Gasteiger partial charge in [0.25, 0.3) is 0 Å². The molecule has 0 aliphatic rings. The van der Waals surface area contributed by atoms with Gasteiger partial charge in [0.1, 0.15) is 11.6 Å². The number of hydrogen-bond donors (Lipinski definition) is 0. The summed E-state index contributed by atoms with van der Waals surface area (Å²) < 4.78 is 20.2. The second-order valence-corrected chi connectivity index (χ2v) is 6.35. The van der Waals surface area contributed by atoms with E-state index in [4.69, 9.17) is 16.3 Å². The minimum Gasteiger partial charge on any atom is -0.496 e. The normalized spacial score (nSPS) is 12.3. The summed E-state index contributed by atoms with van der Waals surface area (Å²) in [5.41, 5.74) is 1.71. The Morgan fingerprint density at radius 3 is 2.58 bits per heavy atom. The minimum atomic E-state index is -0.389. The highest BCUT2D eigenvalue weighted by Crippen LogP contribution is 2.39. The average Bonchev–Trinajstić information content (AvgIpc) is 2.41. The fraction of sp³-hybridized carbons (Fsp3) is 0.143. The Labute approximate surface area is 138 Å². The Hall–Kier alpha value is -0.330. The Morgan fingerprint density at radius 1 is 1.26 bits per heavy atom. The highest BCUT2D eigenvalue weighted by Gasteiger charge is 2.19. The molecular formula is C14H10BrClFIO. The highest BCUT2D eigenvalue weighted by atomic mass is 127. The van der Waals surface area contributed by atoms with Crippen molar-refractivity contribution in [2.75, 3.05) is 7.11 Å². The van der Waals surface area contributed by atoms with Gasteiger partial charge in [0, 0.05) is 15.2 Å². The third-order valence-electron chi connectivity index (χ3n) is 2.72. The third-order valence-corrected chi connectivity index (χ3v) is 4.78. The molecule has 0 spiro atoms. The summed E-state index contributed by atoms with van der Waals surface area (Å²) in [4.78, 5) is 0. The molecule has 0 saturated heterocycles. The van der Waals surface area contributed by atoms with Crippen LogP contribution in [0.1, 0.15) is 16.5 Å². The van der Waals surface area contributed by atoms with Crippen LogP contribution in [0.15, 0.2) is 40.9 Å². The Kier molecular flexibility index (Phi) is 5.09. The van der Waals surface area contributed by atoms with Crippen molar-refractivity contribution in [2.24, 2.45) is 0 Å². The van der Waals surface area contributed by atoms with Gasteiger partial charge in [-0.2, -0.15) is 0 Å². The minimum absolute atomic E-state index is 0.368. The molecular weight excluding hydrogens is 445 g/mol. The molecule has 19 heavy (non-hydrogen) atoms. The highest BCUT2D eigenvalue weighted by molar-refractivity contribution is 14.1. The van der Waals surface area contributed by atoms with Gasteiger partial charge in [0.15, 0.2) is 0 Å². The van der Waals surface area contributed by atoms with Crippen LogP contribution in [-0.4, -0.2) is 7.11 Å². The Balaban J connectivity index is 2.52. The molecule has 5 heteroatoms. The number of alkyl halides is 1. The molecule has 100 valence electrons. The lowest BCUT2D eigenvalue weighted by Gasteiger charge is -2.16. The summed E-state index contributed by atoms with van der Waals surface area (Å²) in [5.74, 6) is 0.0765. The number of ether oxygens (including phenoxy) is 1. The van der Waals surface area contributed by atoms with Gasteiger partial charge in [-0.15, -0.1) is 11.6 Å². The smallest absolute Gasteiger partial charge is 0.141 e. The van der Waals surface area contributed by atoms with Gasteiger partial charge in [-0.1, -0.05) is 18.2 Å². The van der Waals surface area contributed by atoms with Crippen molar-refractivity contribution in [3.63, 3.8) is 0 Å². The molecule has 0 aromatic heterocycles. The van der Waals surface area contributed by atoms with Gasteiger partial charge in [0.05, 0.1) is 17.0 Å². The van der Waals surface area contributed by atoms with Crippen molar-refractivity contribution < 1.29 is 9.13 Å². The monoisotopic (exact) mass is 454 g/mol. The second-order valence-electron chi connectivity index (χ2n) is 3.89. The second kappa shape index (κ2) is 6.41. The number of hydrogen-bond acceptors (Lipinski definition) is 1. The van der Waals surface area contributed by atoms with Crippen LogP contribution >= 0.6 is 50.1 Å². The van der Waals surface area contributed by atoms with Crippen molar-refractivity contribution >= 4 is 50.1 Å². The first-order valence-electron chi connectivity index (χ1n) is 5.46. The van der Waals surface area contributed by atoms with Crippen LogP contribution in [0, 0.1) is 9.39 Å². The summed E-state index contributed by atoms with van der Waals surface area (Å²) >= 11 is 11.9. The SMILES string of the molecule is COc1cc(F)c(Br)cc1C(Cl)c1ccccc1I. The molecule has 2 aromatic carbocycles. The summed E-state index contributed by atoms with van der Waals surface area (Å²) in [7, 11) is 1.51. The van der Waals surface area contributed by atoms with Gasteiger partial charge in [-0.05, 0) is 56.2 Å². The van der Waals surface area contributed by atoms with Crippen LogP contribution in [0.4, 0.5) is 4.39 Å². The van der Waals surface area contributed by atoms with Gasteiger partial charge >= 0.3 is 0 Å². The fourth-order valence-electron chi connectivity index (χ4n) is 1.77. The van der Waals surface area contributed by atoms with E-state index in [0.29, 0.717) is 10.2 Å². The zero-order chi connectivity index (χ0) is 14.0. The number of halogens is 4. The average molecular weight is 455 g/mol. The third kappa shape index (κ3) is 3.23. The maximum Gasteiger partial charge on any atom is 0.141 e. The van der Waals surface area contributed by atoms with E-state index in [-0.39, 0.29) is 11.2 Å². The lowest BCUT2D eigenvalue weighted by Crippen LogP contribution is -2.00. The van der Waals surface area contributed by atoms with Gasteiger partial charge in [-0.3, -0.25) is 0 Å². The van der Waals surface area contributed by atoms with Crippen LogP contribution in [-0.2, 0) is 0 Å². The number of rotatable bonds is 3. The zero-order valence-corrected chi connectivity index (χ0v) is 14.5.